The third-order valence-electron chi connectivity index (χ3n) is 3.23. The topological polar surface area (TPSA) is 55.1 Å². The van der Waals surface area contributed by atoms with Crippen LogP contribution in [-0.4, -0.2) is 17.2 Å². The standard InChI is InChI=1S/C13H16F2N2OS/c14-12(15)19-10-4-2-9(3-5-10)17-11(18)8-13(16)6-1-7-13/h2-5,12H,1,6-8,16H2,(H,17,18). The number of halogens is 2. The van der Waals surface area contributed by atoms with Crippen LogP contribution in [0.15, 0.2) is 29.2 Å². The first-order valence-electron chi connectivity index (χ1n) is 6.10. The molecule has 3 N–H and O–H groups in total. The highest BCUT2D eigenvalue weighted by molar-refractivity contribution is 7.99. The Morgan fingerprint density at radius 1 is 1.37 bits per heavy atom. The second-order valence-corrected chi connectivity index (χ2v) is 5.91. The summed E-state index contributed by atoms with van der Waals surface area (Å²) < 4.78 is 24.3. The number of carbonyl (C=O) groups is 1. The molecule has 0 spiro atoms. The van der Waals surface area contributed by atoms with E-state index in [0.717, 1.165) is 19.3 Å². The fourth-order valence-corrected chi connectivity index (χ4v) is 2.55. The van der Waals surface area contributed by atoms with Crippen LogP contribution >= 0.6 is 11.8 Å². The minimum absolute atomic E-state index is 0.128. The minimum atomic E-state index is -2.43. The van der Waals surface area contributed by atoms with Gasteiger partial charge in [0, 0.05) is 22.5 Å². The van der Waals surface area contributed by atoms with Crippen LogP contribution in [0, 0.1) is 0 Å². The number of nitrogens with two attached hydrogens (primary N) is 1. The Labute approximate surface area is 114 Å². The van der Waals surface area contributed by atoms with Gasteiger partial charge >= 0.3 is 0 Å². The summed E-state index contributed by atoms with van der Waals surface area (Å²) in [5.41, 5.74) is 6.24. The lowest BCUT2D eigenvalue weighted by atomic mass is 9.75. The molecule has 3 nitrogen and oxygen atoms in total. The summed E-state index contributed by atoms with van der Waals surface area (Å²) in [5.74, 6) is -2.56. The minimum Gasteiger partial charge on any atom is -0.326 e. The maximum atomic E-state index is 12.1. The average Bonchev–Trinajstić information content (AvgIpc) is 2.29. The summed E-state index contributed by atoms with van der Waals surface area (Å²) in [6.07, 6.45) is 3.14. The van der Waals surface area contributed by atoms with Gasteiger partial charge in [-0.3, -0.25) is 4.79 Å². The number of rotatable bonds is 5. The molecular formula is C13H16F2N2OS. The van der Waals surface area contributed by atoms with Gasteiger partial charge in [-0.25, -0.2) is 0 Å². The van der Waals surface area contributed by atoms with Crippen LogP contribution in [0.1, 0.15) is 25.7 Å². The fourth-order valence-electron chi connectivity index (χ4n) is 2.05. The van der Waals surface area contributed by atoms with E-state index in [2.05, 4.69) is 5.32 Å². The van der Waals surface area contributed by atoms with Gasteiger partial charge in [0.05, 0.1) is 0 Å². The fraction of sp³-hybridized carbons (Fsp3) is 0.462. The normalized spacial score (nSPS) is 17.1. The van der Waals surface area contributed by atoms with E-state index in [4.69, 9.17) is 5.73 Å². The van der Waals surface area contributed by atoms with Gasteiger partial charge in [0.1, 0.15) is 0 Å². The molecular weight excluding hydrogens is 270 g/mol. The molecule has 0 bridgehead atoms. The lowest BCUT2D eigenvalue weighted by Gasteiger charge is -2.37. The van der Waals surface area contributed by atoms with Crippen LogP contribution in [0.5, 0.6) is 0 Å². The third-order valence-corrected chi connectivity index (χ3v) is 3.95. The first-order chi connectivity index (χ1) is 8.97. The lowest BCUT2D eigenvalue weighted by Crippen LogP contribution is -2.48. The van der Waals surface area contributed by atoms with Gasteiger partial charge in [-0.05, 0) is 43.5 Å². The van der Waals surface area contributed by atoms with Crippen molar-refractivity contribution in [2.24, 2.45) is 5.73 Å². The highest BCUT2D eigenvalue weighted by Gasteiger charge is 2.34. The van der Waals surface area contributed by atoms with E-state index >= 15 is 0 Å². The molecule has 1 aromatic rings. The first-order valence-corrected chi connectivity index (χ1v) is 6.98. The molecule has 1 aromatic carbocycles. The Kier molecular flexibility index (Phi) is 4.42. The molecule has 0 heterocycles. The van der Waals surface area contributed by atoms with Crippen LogP contribution in [0.3, 0.4) is 0 Å². The van der Waals surface area contributed by atoms with E-state index in [1.54, 1.807) is 24.3 Å². The second kappa shape index (κ2) is 5.88. The molecule has 0 unspecified atom stereocenters. The Morgan fingerprint density at radius 2 is 2.00 bits per heavy atom. The van der Waals surface area contributed by atoms with Gasteiger partial charge in [-0.15, -0.1) is 0 Å². The number of anilines is 1. The van der Waals surface area contributed by atoms with Crippen LogP contribution in [-0.2, 0) is 4.79 Å². The summed E-state index contributed by atoms with van der Waals surface area (Å²) in [4.78, 5) is 12.2. The highest BCUT2D eigenvalue weighted by Crippen LogP contribution is 2.32. The van der Waals surface area contributed by atoms with Crippen molar-refractivity contribution in [1.82, 2.24) is 0 Å². The zero-order valence-electron chi connectivity index (χ0n) is 10.4. The maximum Gasteiger partial charge on any atom is 0.288 e. The molecule has 104 valence electrons. The van der Waals surface area contributed by atoms with Crippen molar-refractivity contribution < 1.29 is 13.6 Å². The van der Waals surface area contributed by atoms with Gasteiger partial charge in [0.15, 0.2) is 0 Å². The van der Waals surface area contributed by atoms with Crippen LogP contribution in [0.4, 0.5) is 14.5 Å². The zero-order chi connectivity index (χ0) is 13.9. The maximum absolute atomic E-state index is 12.1. The molecule has 0 saturated heterocycles. The first kappa shape index (κ1) is 14.3. The molecule has 0 aliphatic heterocycles. The molecule has 19 heavy (non-hydrogen) atoms. The largest absolute Gasteiger partial charge is 0.326 e. The number of benzene rings is 1. The third kappa shape index (κ3) is 4.18. The Hall–Kier alpha value is -1.14. The summed E-state index contributed by atoms with van der Waals surface area (Å²) >= 11 is 0.483. The van der Waals surface area contributed by atoms with E-state index in [9.17, 15) is 13.6 Å². The van der Waals surface area contributed by atoms with Gasteiger partial charge in [0.2, 0.25) is 5.91 Å². The number of alkyl halides is 2. The predicted molar refractivity (Wildman–Crippen MR) is 72.3 cm³/mol. The molecule has 1 aliphatic rings. The van der Waals surface area contributed by atoms with Crippen molar-refractivity contribution in [2.45, 2.75) is 41.9 Å². The molecule has 1 aliphatic carbocycles. The molecule has 0 atom stereocenters. The zero-order valence-corrected chi connectivity index (χ0v) is 11.2. The number of nitrogens with one attached hydrogen (secondary N) is 1. The van der Waals surface area contributed by atoms with Gasteiger partial charge in [0.25, 0.3) is 5.76 Å². The predicted octanol–water partition coefficient (Wildman–Crippen LogP) is 3.21. The van der Waals surface area contributed by atoms with Crippen molar-refractivity contribution in [3.63, 3.8) is 0 Å². The summed E-state index contributed by atoms with van der Waals surface area (Å²) in [6.45, 7) is 0. The molecule has 1 saturated carbocycles. The van der Waals surface area contributed by atoms with Gasteiger partial charge in [-0.2, -0.15) is 8.78 Å². The van der Waals surface area contributed by atoms with E-state index in [-0.39, 0.29) is 11.4 Å². The number of amides is 1. The van der Waals surface area contributed by atoms with Crippen molar-refractivity contribution in [3.8, 4) is 0 Å². The molecule has 1 amide bonds. The van der Waals surface area contributed by atoms with Gasteiger partial charge in [-0.1, -0.05) is 11.8 Å². The summed E-state index contributed by atoms with van der Waals surface area (Å²) in [5, 5.41) is 2.73. The van der Waals surface area contributed by atoms with Crippen molar-refractivity contribution in [1.29, 1.82) is 0 Å². The van der Waals surface area contributed by atoms with Crippen molar-refractivity contribution >= 4 is 23.4 Å². The monoisotopic (exact) mass is 286 g/mol. The number of carbonyl (C=O) groups excluding carboxylic acids is 1. The SMILES string of the molecule is NC1(CC(=O)Nc2ccc(SC(F)F)cc2)CCC1. The highest BCUT2D eigenvalue weighted by atomic mass is 32.2. The summed E-state index contributed by atoms with van der Waals surface area (Å²) in [7, 11) is 0. The Balaban J connectivity index is 1.86. The van der Waals surface area contributed by atoms with E-state index < -0.39 is 5.76 Å². The molecule has 2 rings (SSSR count). The average molecular weight is 286 g/mol. The summed E-state index contributed by atoms with van der Waals surface area (Å²) in [6, 6.07) is 6.36. The van der Waals surface area contributed by atoms with E-state index in [1.807, 2.05) is 0 Å². The number of hydrogen-bond acceptors (Lipinski definition) is 3. The van der Waals surface area contributed by atoms with Crippen LogP contribution in [0.25, 0.3) is 0 Å². The molecule has 0 aromatic heterocycles. The Morgan fingerprint density at radius 3 is 2.47 bits per heavy atom. The Bertz CT molecular complexity index is 446. The van der Waals surface area contributed by atoms with E-state index in [0.29, 0.717) is 28.8 Å². The van der Waals surface area contributed by atoms with Crippen LogP contribution < -0.4 is 11.1 Å². The molecule has 6 heteroatoms. The van der Waals surface area contributed by atoms with Crippen molar-refractivity contribution in [3.05, 3.63) is 24.3 Å². The smallest absolute Gasteiger partial charge is 0.288 e. The quantitative estimate of drug-likeness (QED) is 0.817. The molecule has 1 fully saturated rings. The second-order valence-electron chi connectivity index (χ2n) is 4.84. The molecule has 0 radical (unpaired) electrons. The van der Waals surface area contributed by atoms with Crippen LogP contribution in [0.2, 0.25) is 0 Å². The number of hydrogen-bond donors (Lipinski definition) is 2. The number of thioether (sulfide) groups is 1. The van der Waals surface area contributed by atoms with Gasteiger partial charge < -0.3 is 11.1 Å². The van der Waals surface area contributed by atoms with Crippen molar-refractivity contribution in [2.75, 3.05) is 5.32 Å². The lowest BCUT2D eigenvalue weighted by molar-refractivity contribution is -0.118. The van der Waals surface area contributed by atoms with E-state index in [1.165, 1.54) is 0 Å².